The predicted molar refractivity (Wildman–Crippen MR) is 69.8 cm³/mol. The molecule has 0 amide bonds. The second-order valence-corrected chi connectivity index (χ2v) is 4.10. The van der Waals surface area contributed by atoms with E-state index in [-0.39, 0.29) is 18.7 Å². The van der Waals surface area contributed by atoms with E-state index in [1.807, 2.05) is 0 Å². The number of carboxylic acid groups (broad SMARTS) is 1. The molecule has 1 aromatic heterocycles. The van der Waals surface area contributed by atoms with Crippen LogP contribution in [-0.2, 0) is 22.7 Å². The molecular weight excluding hydrogens is 262 g/mol. The molecule has 0 spiro atoms. The van der Waals surface area contributed by atoms with Gasteiger partial charge in [0, 0.05) is 6.20 Å². The molecule has 2 aromatic rings. The van der Waals surface area contributed by atoms with Crippen molar-refractivity contribution in [1.29, 1.82) is 0 Å². The summed E-state index contributed by atoms with van der Waals surface area (Å²) < 4.78 is 6.43. The van der Waals surface area contributed by atoms with Crippen molar-refractivity contribution in [3.8, 4) is 0 Å². The monoisotopic (exact) mass is 275 g/mol. The van der Waals surface area contributed by atoms with Crippen molar-refractivity contribution < 1.29 is 19.4 Å². The minimum atomic E-state index is -0.996. The van der Waals surface area contributed by atoms with Gasteiger partial charge < -0.3 is 15.6 Å². The number of nitrogen functional groups attached to an aromatic ring is 1. The third-order valence-electron chi connectivity index (χ3n) is 2.55. The molecule has 0 bridgehead atoms. The van der Waals surface area contributed by atoms with Crippen LogP contribution in [-0.4, -0.2) is 26.8 Å². The van der Waals surface area contributed by atoms with Gasteiger partial charge >= 0.3 is 11.9 Å². The second kappa shape index (κ2) is 5.87. The number of rotatable bonds is 5. The fourth-order valence-corrected chi connectivity index (χ4v) is 1.55. The maximum Gasteiger partial charge on any atom is 0.335 e. The van der Waals surface area contributed by atoms with Crippen LogP contribution in [0.3, 0.4) is 0 Å². The second-order valence-electron chi connectivity index (χ2n) is 4.10. The first-order chi connectivity index (χ1) is 9.54. The van der Waals surface area contributed by atoms with E-state index in [0.717, 1.165) is 0 Å². The molecule has 7 nitrogen and oxygen atoms in total. The van der Waals surface area contributed by atoms with E-state index in [1.165, 1.54) is 16.8 Å². The molecule has 2 rings (SSSR count). The Hall–Kier alpha value is -2.83. The van der Waals surface area contributed by atoms with Crippen molar-refractivity contribution in [2.24, 2.45) is 0 Å². The summed E-state index contributed by atoms with van der Waals surface area (Å²) in [5, 5.41) is 12.6. The van der Waals surface area contributed by atoms with Crippen LogP contribution in [0.25, 0.3) is 0 Å². The highest BCUT2D eigenvalue weighted by Gasteiger charge is 2.07. The maximum atomic E-state index is 11.6. The van der Waals surface area contributed by atoms with Gasteiger partial charge in [0.15, 0.2) is 0 Å². The zero-order chi connectivity index (χ0) is 14.5. The number of ether oxygens (including phenoxy) is 1. The Bertz CT molecular complexity index is 619. The van der Waals surface area contributed by atoms with Crippen molar-refractivity contribution in [2.45, 2.75) is 13.2 Å². The molecule has 0 radical (unpaired) electrons. The molecule has 20 heavy (non-hydrogen) atoms. The Morgan fingerprint density at radius 2 is 1.95 bits per heavy atom. The SMILES string of the molecule is Nc1ccn(CC(=O)OCc2ccc(C(=O)O)cc2)n1. The first-order valence-corrected chi connectivity index (χ1v) is 5.81. The normalized spacial score (nSPS) is 10.2. The number of hydrogen-bond donors (Lipinski definition) is 2. The van der Waals surface area contributed by atoms with Crippen molar-refractivity contribution >= 4 is 17.8 Å². The number of aromatic nitrogens is 2. The number of nitrogens with two attached hydrogens (primary N) is 1. The molecule has 0 aliphatic heterocycles. The summed E-state index contributed by atoms with van der Waals surface area (Å²) in [6.45, 7) is 0.0554. The van der Waals surface area contributed by atoms with E-state index in [1.54, 1.807) is 24.4 Å². The Morgan fingerprint density at radius 1 is 1.25 bits per heavy atom. The number of carbonyl (C=O) groups excluding carboxylic acids is 1. The summed E-state index contributed by atoms with van der Waals surface area (Å²) in [6, 6.07) is 7.70. The Labute approximate surface area is 114 Å². The van der Waals surface area contributed by atoms with Crippen molar-refractivity contribution in [1.82, 2.24) is 9.78 Å². The molecule has 0 fully saturated rings. The van der Waals surface area contributed by atoms with Gasteiger partial charge in [0.2, 0.25) is 0 Å². The van der Waals surface area contributed by atoms with Crippen molar-refractivity contribution in [3.05, 3.63) is 47.7 Å². The molecule has 0 saturated carbocycles. The molecule has 0 aliphatic rings. The van der Waals surface area contributed by atoms with Crippen LogP contribution in [0.4, 0.5) is 5.82 Å². The molecule has 0 aliphatic carbocycles. The van der Waals surface area contributed by atoms with Crippen LogP contribution in [0.2, 0.25) is 0 Å². The number of aromatic carboxylic acids is 1. The van der Waals surface area contributed by atoms with Gasteiger partial charge in [-0.15, -0.1) is 0 Å². The quantitative estimate of drug-likeness (QED) is 0.785. The average molecular weight is 275 g/mol. The number of carbonyl (C=O) groups is 2. The van der Waals surface area contributed by atoms with Crippen LogP contribution >= 0.6 is 0 Å². The fourth-order valence-electron chi connectivity index (χ4n) is 1.55. The van der Waals surface area contributed by atoms with Crippen LogP contribution in [0.5, 0.6) is 0 Å². The van der Waals surface area contributed by atoms with E-state index < -0.39 is 11.9 Å². The maximum absolute atomic E-state index is 11.6. The van der Waals surface area contributed by atoms with Gasteiger partial charge in [-0.3, -0.25) is 9.48 Å². The Balaban J connectivity index is 1.85. The summed E-state index contributed by atoms with van der Waals surface area (Å²) in [5.74, 6) is -1.11. The predicted octanol–water partition coefficient (Wildman–Crippen LogP) is 0.907. The molecule has 1 aromatic carbocycles. The summed E-state index contributed by atoms with van der Waals surface area (Å²) in [4.78, 5) is 22.2. The van der Waals surface area contributed by atoms with Gasteiger partial charge in [-0.05, 0) is 23.8 Å². The van der Waals surface area contributed by atoms with Crippen LogP contribution < -0.4 is 5.73 Å². The number of anilines is 1. The minimum Gasteiger partial charge on any atom is -0.478 e. The molecule has 7 heteroatoms. The highest BCUT2D eigenvalue weighted by Crippen LogP contribution is 2.06. The van der Waals surface area contributed by atoms with E-state index in [9.17, 15) is 9.59 Å². The number of hydrogen-bond acceptors (Lipinski definition) is 5. The summed E-state index contributed by atoms with van der Waals surface area (Å²) in [6.07, 6.45) is 1.58. The van der Waals surface area contributed by atoms with E-state index in [2.05, 4.69) is 5.10 Å². The van der Waals surface area contributed by atoms with Crippen molar-refractivity contribution in [2.75, 3.05) is 5.73 Å². The molecule has 0 atom stereocenters. The standard InChI is InChI=1S/C13H13N3O4/c14-11-5-6-16(15-11)7-12(17)20-8-9-1-3-10(4-2-9)13(18)19/h1-6H,7-8H2,(H2,14,15)(H,18,19). The largest absolute Gasteiger partial charge is 0.478 e. The summed E-state index contributed by atoms with van der Waals surface area (Å²) in [5.41, 5.74) is 6.32. The Kier molecular flexibility index (Phi) is 3.99. The van der Waals surface area contributed by atoms with Gasteiger partial charge in [0.1, 0.15) is 19.0 Å². The molecule has 104 valence electrons. The summed E-state index contributed by atoms with van der Waals surface area (Å²) >= 11 is 0. The van der Waals surface area contributed by atoms with Gasteiger partial charge in [0.05, 0.1) is 5.56 Å². The van der Waals surface area contributed by atoms with Gasteiger partial charge in [0.25, 0.3) is 0 Å². The summed E-state index contributed by atoms with van der Waals surface area (Å²) in [7, 11) is 0. The molecule has 0 unspecified atom stereocenters. The van der Waals surface area contributed by atoms with Crippen LogP contribution in [0, 0.1) is 0 Å². The molecule has 3 N–H and O–H groups in total. The average Bonchev–Trinajstić information content (AvgIpc) is 2.82. The zero-order valence-electron chi connectivity index (χ0n) is 10.5. The number of carboxylic acids is 1. The van der Waals surface area contributed by atoms with Gasteiger partial charge in [-0.25, -0.2) is 4.79 Å². The lowest BCUT2D eigenvalue weighted by molar-refractivity contribution is -0.145. The zero-order valence-corrected chi connectivity index (χ0v) is 10.5. The third kappa shape index (κ3) is 3.58. The highest BCUT2D eigenvalue weighted by molar-refractivity contribution is 5.87. The third-order valence-corrected chi connectivity index (χ3v) is 2.55. The van der Waals surface area contributed by atoms with Crippen molar-refractivity contribution in [3.63, 3.8) is 0 Å². The number of benzene rings is 1. The molecule has 0 saturated heterocycles. The topological polar surface area (TPSA) is 107 Å². The molecule has 1 heterocycles. The first kappa shape index (κ1) is 13.6. The minimum absolute atomic E-state index is 0.0234. The van der Waals surface area contributed by atoms with Gasteiger partial charge in [-0.1, -0.05) is 12.1 Å². The number of nitrogens with zero attached hydrogens (tertiary/aromatic N) is 2. The first-order valence-electron chi connectivity index (χ1n) is 5.81. The van der Waals surface area contributed by atoms with Crippen LogP contribution in [0.15, 0.2) is 36.5 Å². The lowest BCUT2D eigenvalue weighted by Crippen LogP contribution is -2.14. The van der Waals surface area contributed by atoms with E-state index >= 15 is 0 Å². The number of esters is 1. The Morgan fingerprint density at radius 3 is 2.50 bits per heavy atom. The van der Waals surface area contributed by atoms with E-state index in [0.29, 0.717) is 11.4 Å². The van der Waals surface area contributed by atoms with Gasteiger partial charge in [-0.2, -0.15) is 5.10 Å². The lowest BCUT2D eigenvalue weighted by atomic mass is 10.1. The smallest absolute Gasteiger partial charge is 0.335 e. The highest BCUT2D eigenvalue weighted by atomic mass is 16.5. The van der Waals surface area contributed by atoms with Crippen LogP contribution in [0.1, 0.15) is 15.9 Å². The fraction of sp³-hybridized carbons (Fsp3) is 0.154. The molecular formula is C13H13N3O4. The lowest BCUT2D eigenvalue weighted by Gasteiger charge is -2.05. The van der Waals surface area contributed by atoms with E-state index in [4.69, 9.17) is 15.6 Å².